The summed E-state index contributed by atoms with van der Waals surface area (Å²) in [7, 11) is 0. The largest absolute Gasteiger partial charge is 0.276 e. The molecular weight excluding hydrogens is 184 g/mol. The maximum absolute atomic E-state index is 6.21. The third kappa shape index (κ3) is 1.31. The van der Waals surface area contributed by atoms with Gasteiger partial charge in [-0.1, -0.05) is 37.6 Å². The Balaban J connectivity index is 2.73. The predicted octanol–water partition coefficient (Wildman–Crippen LogP) is 3.34. The number of benzene rings is 1. The SMILES string of the molecule is CC(C)c1ccc2cn[nH]c2c1Cl. The maximum atomic E-state index is 6.21. The van der Waals surface area contributed by atoms with Crippen LogP contribution in [0.5, 0.6) is 0 Å². The first-order chi connectivity index (χ1) is 6.20. The second-order valence-electron chi connectivity index (χ2n) is 3.46. The molecule has 0 saturated carbocycles. The van der Waals surface area contributed by atoms with Gasteiger partial charge >= 0.3 is 0 Å². The standard InChI is InChI=1S/C10H11ClN2/c1-6(2)8-4-3-7-5-12-13-10(7)9(8)11/h3-6H,1-2H3,(H,12,13). The molecule has 0 amide bonds. The molecule has 1 N–H and O–H groups in total. The summed E-state index contributed by atoms with van der Waals surface area (Å²) in [6.07, 6.45) is 1.78. The minimum Gasteiger partial charge on any atom is -0.276 e. The number of fused-ring (bicyclic) bond motifs is 1. The molecule has 0 atom stereocenters. The topological polar surface area (TPSA) is 28.7 Å². The molecule has 1 aromatic heterocycles. The number of rotatable bonds is 1. The van der Waals surface area contributed by atoms with E-state index < -0.39 is 0 Å². The van der Waals surface area contributed by atoms with E-state index in [1.165, 1.54) is 5.56 Å². The van der Waals surface area contributed by atoms with Crippen LogP contribution in [0.25, 0.3) is 10.9 Å². The van der Waals surface area contributed by atoms with Crippen molar-refractivity contribution < 1.29 is 0 Å². The fourth-order valence-electron chi connectivity index (χ4n) is 1.44. The minimum absolute atomic E-state index is 0.445. The van der Waals surface area contributed by atoms with Crippen molar-refractivity contribution in [2.24, 2.45) is 0 Å². The third-order valence-electron chi connectivity index (χ3n) is 2.21. The van der Waals surface area contributed by atoms with Crippen molar-refractivity contribution in [3.8, 4) is 0 Å². The van der Waals surface area contributed by atoms with Crippen LogP contribution < -0.4 is 0 Å². The highest BCUT2D eigenvalue weighted by Crippen LogP contribution is 2.30. The average molecular weight is 195 g/mol. The van der Waals surface area contributed by atoms with Crippen molar-refractivity contribution >= 4 is 22.5 Å². The van der Waals surface area contributed by atoms with Crippen molar-refractivity contribution in [2.45, 2.75) is 19.8 Å². The number of nitrogens with one attached hydrogen (secondary N) is 1. The summed E-state index contributed by atoms with van der Waals surface area (Å²) >= 11 is 6.21. The molecule has 0 aliphatic carbocycles. The highest BCUT2D eigenvalue weighted by atomic mass is 35.5. The van der Waals surface area contributed by atoms with Gasteiger partial charge in [0.2, 0.25) is 0 Å². The minimum atomic E-state index is 0.445. The zero-order valence-electron chi connectivity index (χ0n) is 7.63. The van der Waals surface area contributed by atoms with Crippen LogP contribution in [0.4, 0.5) is 0 Å². The zero-order valence-corrected chi connectivity index (χ0v) is 8.39. The lowest BCUT2D eigenvalue weighted by atomic mass is 10.0. The van der Waals surface area contributed by atoms with E-state index in [0.29, 0.717) is 5.92 Å². The van der Waals surface area contributed by atoms with Gasteiger partial charge in [-0.05, 0) is 11.5 Å². The Bertz CT molecular complexity index is 431. The van der Waals surface area contributed by atoms with Gasteiger partial charge in [-0.15, -0.1) is 0 Å². The van der Waals surface area contributed by atoms with Crippen molar-refractivity contribution in [3.63, 3.8) is 0 Å². The number of halogens is 1. The van der Waals surface area contributed by atoms with Gasteiger partial charge in [-0.3, -0.25) is 5.10 Å². The van der Waals surface area contributed by atoms with E-state index in [2.05, 4.69) is 30.1 Å². The van der Waals surface area contributed by atoms with Gasteiger partial charge in [-0.25, -0.2) is 0 Å². The molecule has 2 rings (SSSR count). The second kappa shape index (κ2) is 3.04. The molecule has 1 heterocycles. The van der Waals surface area contributed by atoms with E-state index in [9.17, 15) is 0 Å². The van der Waals surface area contributed by atoms with E-state index in [0.717, 1.165) is 15.9 Å². The van der Waals surface area contributed by atoms with Crippen LogP contribution in [-0.2, 0) is 0 Å². The van der Waals surface area contributed by atoms with E-state index in [1.54, 1.807) is 6.20 Å². The molecular formula is C10H11ClN2. The van der Waals surface area contributed by atoms with Gasteiger partial charge in [0.15, 0.2) is 0 Å². The molecule has 0 unspecified atom stereocenters. The lowest BCUT2D eigenvalue weighted by Crippen LogP contribution is -1.88. The van der Waals surface area contributed by atoms with E-state index >= 15 is 0 Å². The first-order valence-corrected chi connectivity index (χ1v) is 4.69. The summed E-state index contributed by atoms with van der Waals surface area (Å²) in [6, 6.07) is 4.10. The molecule has 0 bridgehead atoms. The van der Waals surface area contributed by atoms with Crippen LogP contribution in [0, 0.1) is 0 Å². The Kier molecular flexibility index (Phi) is 2.00. The molecule has 3 heteroatoms. The fraction of sp³-hybridized carbons (Fsp3) is 0.300. The molecule has 2 nitrogen and oxygen atoms in total. The molecule has 0 spiro atoms. The van der Waals surface area contributed by atoms with Crippen LogP contribution in [0.1, 0.15) is 25.3 Å². The Morgan fingerprint density at radius 2 is 2.15 bits per heavy atom. The van der Waals surface area contributed by atoms with Crippen LogP contribution >= 0.6 is 11.6 Å². The zero-order chi connectivity index (χ0) is 9.42. The highest BCUT2D eigenvalue weighted by molar-refractivity contribution is 6.35. The van der Waals surface area contributed by atoms with Gasteiger partial charge in [0.25, 0.3) is 0 Å². The third-order valence-corrected chi connectivity index (χ3v) is 2.61. The summed E-state index contributed by atoms with van der Waals surface area (Å²) < 4.78 is 0. The fourth-order valence-corrected chi connectivity index (χ4v) is 1.87. The van der Waals surface area contributed by atoms with Crippen molar-refractivity contribution in [1.29, 1.82) is 0 Å². The maximum Gasteiger partial charge on any atom is 0.0839 e. The number of H-pyrrole nitrogens is 1. The lowest BCUT2D eigenvalue weighted by molar-refractivity contribution is 0.868. The van der Waals surface area contributed by atoms with Crippen LogP contribution in [0.15, 0.2) is 18.3 Å². The first kappa shape index (κ1) is 8.57. The van der Waals surface area contributed by atoms with E-state index in [4.69, 9.17) is 11.6 Å². The molecule has 0 saturated heterocycles. The Morgan fingerprint density at radius 1 is 1.38 bits per heavy atom. The second-order valence-corrected chi connectivity index (χ2v) is 3.84. The number of aromatic amines is 1. The molecule has 1 aromatic carbocycles. The Labute approximate surface area is 81.9 Å². The van der Waals surface area contributed by atoms with Gasteiger partial charge in [0.05, 0.1) is 16.7 Å². The van der Waals surface area contributed by atoms with Crippen molar-refractivity contribution in [3.05, 3.63) is 28.9 Å². The summed E-state index contributed by atoms with van der Waals surface area (Å²) in [4.78, 5) is 0. The lowest BCUT2D eigenvalue weighted by Gasteiger charge is -2.07. The van der Waals surface area contributed by atoms with Gasteiger partial charge in [-0.2, -0.15) is 5.10 Å². The average Bonchev–Trinajstić information content (AvgIpc) is 2.52. The predicted molar refractivity (Wildman–Crippen MR) is 55.2 cm³/mol. The number of nitrogens with zero attached hydrogens (tertiary/aromatic N) is 1. The molecule has 0 aliphatic rings. The van der Waals surface area contributed by atoms with E-state index in [1.807, 2.05) is 6.07 Å². The molecule has 0 aliphatic heterocycles. The summed E-state index contributed by atoms with van der Waals surface area (Å²) in [5.41, 5.74) is 2.10. The molecule has 68 valence electrons. The number of aromatic nitrogens is 2. The Hall–Kier alpha value is -1.02. The molecule has 0 fully saturated rings. The van der Waals surface area contributed by atoms with Gasteiger partial charge in [0, 0.05) is 5.39 Å². The normalized spacial score (nSPS) is 11.4. The quantitative estimate of drug-likeness (QED) is 0.741. The molecule has 0 radical (unpaired) electrons. The molecule has 13 heavy (non-hydrogen) atoms. The molecule has 2 aromatic rings. The van der Waals surface area contributed by atoms with Gasteiger partial charge in [0.1, 0.15) is 0 Å². The first-order valence-electron chi connectivity index (χ1n) is 4.31. The summed E-state index contributed by atoms with van der Waals surface area (Å²) in [5.74, 6) is 0.445. The highest BCUT2D eigenvalue weighted by Gasteiger charge is 2.09. The van der Waals surface area contributed by atoms with E-state index in [-0.39, 0.29) is 0 Å². The monoisotopic (exact) mass is 194 g/mol. The number of hydrogen-bond acceptors (Lipinski definition) is 1. The number of hydrogen-bond donors (Lipinski definition) is 1. The van der Waals surface area contributed by atoms with Crippen molar-refractivity contribution in [1.82, 2.24) is 10.2 Å². The summed E-state index contributed by atoms with van der Waals surface area (Å²) in [6.45, 7) is 4.26. The van der Waals surface area contributed by atoms with Crippen LogP contribution in [0.3, 0.4) is 0 Å². The van der Waals surface area contributed by atoms with Crippen LogP contribution in [-0.4, -0.2) is 10.2 Å². The van der Waals surface area contributed by atoms with Crippen molar-refractivity contribution in [2.75, 3.05) is 0 Å². The smallest absolute Gasteiger partial charge is 0.0839 e. The van der Waals surface area contributed by atoms with Gasteiger partial charge < -0.3 is 0 Å². The van der Waals surface area contributed by atoms with Crippen LogP contribution in [0.2, 0.25) is 5.02 Å². The Morgan fingerprint density at radius 3 is 2.85 bits per heavy atom. The summed E-state index contributed by atoms with van der Waals surface area (Å²) in [5, 5.41) is 8.71.